The summed E-state index contributed by atoms with van der Waals surface area (Å²) in [7, 11) is 6.64. The number of fused-ring (bicyclic) bond motifs is 2. The number of aliphatic hydroxyl groups excluding tert-OH is 1. The van der Waals surface area contributed by atoms with Gasteiger partial charge in [-0.25, -0.2) is 19.6 Å². The molecule has 0 aliphatic heterocycles. The van der Waals surface area contributed by atoms with Gasteiger partial charge in [-0.15, -0.1) is 11.6 Å². The Morgan fingerprint density at radius 2 is 1.26 bits per heavy atom. The minimum Gasteiger partial charge on any atom is -0.465 e. The summed E-state index contributed by atoms with van der Waals surface area (Å²) in [6.07, 6.45) is 8.04. The first-order valence-electron chi connectivity index (χ1n) is 16.6. The largest absolute Gasteiger partial charge is 0.465 e. The molecule has 0 spiro atoms. The van der Waals surface area contributed by atoms with Gasteiger partial charge in [0.25, 0.3) is 11.1 Å². The number of carbonyl (C=O) groups is 2. The smallest absolute Gasteiger partial charge is 0.332 e. The third-order valence-corrected chi connectivity index (χ3v) is 8.33. The molecule has 0 saturated carbocycles. The standard InChI is InChI=1S/C17H26N4O5.C15H21ClN4O4/c1-4-7-13(23)26-10-12(22)8-5-6-9-21-16(24)14-15(18-11-19(14)2)20(3)17(21)25;1-18-10-17-13-12(18)14(22)20(15(23)19(13)2)7-5-3-4-6-8-24-11(21)9-16/h11-12,22H,4-10H2,1-3H3;10H,3-9H2,1-2H3. The molecule has 0 amide bonds. The monoisotopic (exact) mass is 722 g/mol. The molecule has 4 aromatic rings. The molecule has 0 fully saturated rings. The number of imidazole rings is 2. The fourth-order valence-electron chi connectivity index (χ4n) is 5.34. The summed E-state index contributed by atoms with van der Waals surface area (Å²) in [5, 5.41) is 9.84. The summed E-state index contributed by atoms with van der Waals surface area (Å²) >= 11 is 5.32. The van der Waals surface area contributed by atoms with Gasteiger partial charge in [-0.1, -0.05) is 13.3 Å². The Kier molecular flexibility index (Phi) is 15.2. The number of carbonyl (C=O) groups excluding carboxylic acids is 2. The van der Waals surface area contributed by atoms with E-state index >= 15 is 0 Å². The van der Waals surface area contributed by atoms with Crippen LogP contribution < -0.4 is 22.5 Å². The van der Waals surface area contributed by atoms with E-state index in [9.17, 15) is 33.9 Å². The lowest BCUT2D eigenvalue weighted by Crippen LogP contribution is -2.39. The minimum absolute atomic E-state index is 0.0263. The van der Waals surface area contributed by atoms with Crippen LogP contribution in [0.1, 0.15) is 64.7 Å². The third-order valence-electron chi connectivity index (χ3n) is 8.11. The van der Waals surface area contributed by atoms with Gasteiger partial charge < -0.3 is 23.7 Å². The van der Waals surface area contributed by atoms with Crippen molar-refractivity contribution < 1.29 is 24.2 Å². The van der Waals surface area contributed by atoms with Crippen LogP contribution in [-0.2, 0) is 60.3 Å². The lowest BCUT2D eigenvalue weighted by Gasteiger charge is -2.12. The highest BCUT2D eigenvalue weighted by atomic mass is 35.5. The lowest BCUT2D eigenvalue weighted by atomic mass is 10.1. The Bertz CT molecular complexity index is 2000. The number of rotatable bonds is 17. The van der Waals surface area contributed by atoms with E-state index in [0.29, 0.717) is 74.0 Å². The lowest BCUT2D eigenvalue weighted by molar-refractivity contribution is -0.146. The summed E-state index contributed by atoms with van der Waals surface area (Å²) in [4.78, 5) is 80.0. The SMILES string of the molecule is CCCC(=O)OCC(O)CCCCn1c(=O)c2c(ncn2C)n(C)c1=O.Cn1cnc2c1c(=O)n(CCCCCCOC(=O)CCl)c(=O)n2C. The van der Waals surface area contributed by atoms with E-state index in [1.807, 2.05) is 6.92 Å². The molecule has 0 aliphatic rings. The number of nitrogens with zero attached hydrogens (tertiary/aromatic N) is 8. The number of aromatic nitrogens is 8. The van der Waals surface area contributed by atoms with Crippen molar-refractivity contribution in [1.29, 1.82) is 0 Å². The van der Waals surface area contributed by atoms with Crippen LogP contribution in [-0.4, -0.2) is 79.6 Å². The van der Waals surface area contributed by atoms with Crippen molar-refractivity contribution in [1.82, 2.24) is 37.4 Å². The third kappa shape index (κ3) is 10.0. The highest BCUT2D eigenvalue weighted by Gasteiger charge is 2.16. The van der Waals surface area contributed by atoms with Gasteiger partial charge in [0.05, 0.1) is 25.4 Å². The fourth-order valence-corrected chi connectivity index (χ4v) is 5.41. The highest BCUT2D eigenvalue weighted by Crippen LogP contribution is 2.07. The van der Waals surface area contributed by atoms with E-state index in [2.05, 4.69) is 9.97 Å². The average Bonchev–Trinajstić information content (AvgIpc) is 3.68. The zero-order chi connectivity index (χ0) is 37.0. The van der Waals surface area contributed by atoms with Crippen LogP contribution in [0.15, 0.2) is 31.8 Å². The summed E-state index contributed by atoms with van der Waals surface area (Å²) in [5.41, 5.74) is 0.117. The van der Waals surface area contributed by atoms with Gasteiger partial charge in [-0.2, -0.15) is 0 Å². The van der Waals surface area contributed by atoms with Crippen LogP contribution in [0.4, 0.5) is 0 Å². The van der Waals surface area contributed by atoms with Crippen molar-refractivity contribution >= 4 is 45.9 Å². The van der Waals surface area contributed by atoms with Gasteiger partial charge in [0.15, 0.2) is 22.3 Å². The van der Waals surface area contributed by atoms with E-state index in [0.717, 1.165) is 19.3 Å². The minimum atomic E-state index is -0.741. The molecule has 1 unspecified atom stereocenters. The molecule has 18 heteroatoms. The van der Waals surface area contributed by atoms with Crippen molar-refractivity contribution in [2.75, 3.05) is 19.1 Å². The topological polar surface area (TPSA) is 196 Å². The van der Waals surface area contributed by atoms with Crippen molar-refractivity contribution in [2.24, 2.45) is 28.2 Å². The van der Waals surface area contributed by atoms with E-state index in [4.69, 9.17) is 21.1 Å². The van der Waals surface area contributed by atoms with Gasteiger partial charge in [0, 0.05) is 47.7 Å². The Labute approximate surface area is 292 Å². The molecule has 1 atom stereocenters. The Morgan fingerprint density at radius 1 is 0.760 bits per heavy atom. The summed E-state index contributed by atoms with van der Waals surface area (Å²) in [6.45, 7) is 2.81. The molecule has 4 heterocycles. The van der Waals surface area contributed by atoms with E-state index < -0.39 is 17.8 Å². The molecule has 0 bridgehead atoms. The van der Waals surface area contributed by atoms with Crippen LogP contribution in [0.5, 0.6) is 0 Å². The fraction of sp³-hybridized carbons (Fsp3) is 0.625. The molecule has 50 heavy (non-hydrogen) atoms. The van der Waals surface area contributed by atoms with Gasteiger partial charge in [-0.3, -0.25) is 37.4 Å². The first-order valence-corrected chi connectivity index (χ1v) is 17.1. The predicted octanol–water partition coefficient (Wildman–Crippen LogP) is 1.08. The molecule has 4 rings (SSSR count). The Hall–Kier alpha value is -4.51. The molecule has 0 aromatic carbocycles. The molecular weight excluding hydrogens is 676 g/mol. The maximum absolute atomic E-state index is 12.5. The van der Waals surface area contributed by atoms with Gasteiger partial charge in [0.2, 0.25) is 0 Å². The molecule has 276 valence electrons. The van der Waals surface area contributed by atoms with E-state index in [1.54, 1.807) is 37.3 Å². The molecule has 17 nitrogen and oxygen atoms in total. The van der Waals surface area contributed by atoms with Crippen molar-refractivity contribution in [3.8, 4) is 0 Å². The normalized spacial score (nSPS) is 11.8. The second kappa shape index (κ2) is 19.0. The van der Waals surface area contributed by atoms with Crippen LogP contribution in [0.3, 0.4) is 0 Å². The number of unbranched alkanes of at least 4 members (excludes halogenated alkanes) is 4. The number of esters is 2. The summed E-state index contributed by atoms with van der Waals surface area (Å²) in [5.74, 6) is -0.870. The van der Waals surface area contributed by atoms with Crippen LogP contribution in [0.2, 0.25) is 0 Å². The number of halogens is 1. The molecule has 0 saturated heterocycles. The van der Waals surface area contributed by atoms with Gasteiger partial charge >= 0.3 is 23.3 Å². The number of alkyl halides is 1. The first-order chi connectivity index (χ1) is 23.8. The summed E-state index contributed by atoms with van der Waals surface area (Å²) < 4.78 is 18.2. The van der Waals surface area contributed by atoms with Crippen molar-refractivity contribution in [3.63, 3.8) is 0 Å². The Morgan fingerprint density at radius 3 is 1.76 bits per heavy atom. The van der Waals surface area contributed by atoms with Crippen molar-refractivity contribution in [2.45, 2.75) is 83.9 Å². The number of ether oxygens (including phenoxy) is 2. The highest BCUT2D eigenvalue weighted by molar-refractivity contribution is 6.26. The molecule has 0 radical (unpaired) electrons. The zero-order valence-corrected chi connectivity index (χ0v) is 30.1. The van der Waals surface area contributed by atoms with Gasteiger partial charge in [-0.05, 0) is 44.9 Å². The maximum atomic E-state index is 12.5. The Balaban J connectivity index is 0.000000271. The zero-order valence-electron chi connectivity index (χ0n) is 29.3. The molecular formula is C32H47ClN8O9. The van der Waals surface area contributed by atoms with Crippen LogP contribution in [0, 0.1) is 0 Å². The number of hydrogen-bond donors (Lipinski definition) is 1. The second-order valence-corrected chi connectivity index (χ2v) is 12.3. The number of aryl methyl sites for hydroxylation is 4. The van der Waals surface area contributed by atoms with E-state index in [-0.39, 0.29) is 41.8 Å². The maximum Gasteiger partial charge on any atom is 0.332 e. The molecule has 1 N–H and O–H groups in total. The second-order valence-electron chi connectivity index (χ2n) is 12.0. The van der Waals surface area contributed by atoms with Crippen LogP contribution >= 0.6 is 11.6 Å². The van der Waals surface area contributed by atoms with E-state index in [1.165, 1.54) is 30.9 Å². The number of aliphatic hydroxyl groups is 1. The predicted molar refractivity (Wildman–Crippen MR) is 186 cm³/mol. The molecule has 4 aromatic heterocycles. The first kappa shape index (κ1) is 39.9. The number of hydrogen-bond acceptors (Lipinski definition) is 11. The van der Waals surface area contributed by atoms with Crippen LogP contribution in [0.25, 0.3) is 22.3 Å². The molecule has 0 aliphatic carbocycles. The average molecular weight is 723 g/mol. The van der Waals surface area contributed by atoms with Crippen molar-refractivity contribution in [3.05, 3.63) is 54.3 Å². The quantitative estimate of drug-likeness (QED) is 0.0930. The summed E-state index contributed by atoms with van der Waals surface area (Å²) in [6, 6.07) is 0. The van der Waals surface area contributed by atoms with Gasteiger partial charge in [0.1, 0.15) is 12.5 Å².